The fourth-order valence-electron chi connectivity index (χ4n) is 3.79. The van der Waals surface area contributed by atoms with Gasteiger partial charge < -0.3 is 15.1 Å². The van der Waals surface area contributed by atoms with Crippen molar-refractivity contribution in [2.24, 2.45) is 0 Å². The number of nitrogens with zero attached hydrogens (tertiary/aromatic N) is 5. The molecule has 0 bridgehead atoms. The van der Waals surface area contributed by atoms with Crippen LogP contribution in [0.25, 0.3) is 0 Å². The summed E-state index contributed by atoms with van der Waals surface area (Å²) in [6.45, 7) is 6.89. The van der Waals surface area contributed by atoms with Gasteiger partial charge in [0.05, 0.1) is 5.69 Å². The van der Waals surface area contributed by atoms with Crippen LogP contribution in [0.2, 0.25) is 0 Å². The second-order valence-electron chi connectivity index (χ2n) is 6.78. The van der Waals surface area contributed by atoms with Gasteiger partial charge in [0.25, 0.3) is 5.91 Å². The number of nitrogens with one attached hydrogen (secondary N) is 1. The Bertz CT molecular complexity index is 724. The molecular formula is C17H26Cl2N6OS. The minimum atomic E-state index is -0.533. The molecule has 0 aromatic carbocycles. The van der Waals surface area contributed by atoms with Gasteiger partial charge in [0.1, 0.15) is 5.54 Å². The molecule has 2 aliphatic rings. The number of amides is 1. The zero-order chi connectivity index (χ0) is 17.3. The number of rotatable bonds is 3. The molecular weight excluding hydrogens is 407 g/mol. The molecule has 0 radical (unpaired) electrons. The number of carbonyl (C=O) groups excluding carboxylic acids is 1. The topological polar surface area (TPSA) is 66.3 Å². The zero-order valence-corrected chi connectivity index (χ0v) is 17.8. The standard InChI is InChI=1S/C17H24N6OS.2ClH/c1-14-13-25-16(20-14)22-11-9-21(10-12-22)15(24)17(3-6-18-7-4-17)23-8-2-5-19-23;;/h2,5,8,13,18H,3-4,6-7,9-12H2,1H3;2*1H. The van der Waals surface area contributed by atoms with Crippen molar-refractivity contribution in [1.29, 1.82) is 0 Å². The molecule has 0 unspecified atom stereocenters. The molecule has 2 fully saturated rings. The van der Waals surface area contributed by atoms with E-state index >= 15 is 0 Å². The van der Waals surface area contributed by atoms with E-state index in [2.05, 4.69) is 25.7 Å². The van der Waals surface area contributed by atoms with Gasteiger partial charge in [-0.3, -0.25) is 9.48 Å². The van der Waals surface area contributed by atoms with Crippen molar-refractivity contribution in [1.82, 2.24) is 25.0 Å². The third-order valence-electron chi connectivity index (χ3n) is 5.22. The lowest BCUT2D eigenvalue weighted by molar-refractivity contribution is -0.143. The summed E-state index contributed by atoms with van der Waals surface area (Å²) in [6.07, 6.45) is 5.27. The Hall–Kier alpha value is -1.35. The normalized spacial score (nSPS) is 19.1. The molecule has 2 aliphatic heterocycles. The SMILES string of the molecule is Cc1csc(N2CCN(C(=O)C3(n4cccn4)CCNCC3)CC2)n1.Cl.Cl. The van der Waals surface area contributed by atoms with Crippen LogP contribution in [-0.4, -0.2) is 64.8 Å². The van der Waals surface area contributed by atoms with Crippen molar-refractivity contribution in [3.8, 4) is 0 Å². The van der Waals surface area contributed by atoms with E-state index in [0.717, 1.165) is 62.9 Å². The van der Waals surface area contributed by atoms with Crippen LogP contribution in [-0.2, 0) is 10.3 Å². The number of piperazine rings is 1. The number of aryl methyl sites for hydroxylation is 1. The van der Waals surface area contributed by atoms with E-state index in [-0.39, 0.29) is 30.7 Å². The first kappa shape index (κ1) is 21.9. The smallest absolute Gasteiger partial charge is 0.250 e. The van der Waals surface area contributed by atoms with Gasteiger partial charge in [-0.15, -0.1) is 36.2 Å². The van der Waals surface area contributed by atoms with Crippen molar-refractivity contribution in [2.75, 3.05) is 44.2 Å². The second-order valence-corrected chi connectivity index (χ2v) is 7.62. The van der Waals surface area contributed by atoms with E-state index in [1.807, 2.05) is 28.8 Å². The van der Waals surface area contributed by atoms with Gasteiger partial charge in [-0.25, -0.2) is 4.98 Å². The Morgan fingerprint density at radius 1 is 1.19 bits per heavy atom. The molecule has 10 heteroatoms. The highest BCUT2D eigenvalue weighted by molar-refractivity contribution is 7.13. The van der Waals surface area contributed by atoms with E-state index < -0.39 is 5.54 Å². The summed E-state index contributed by atoms with van der Waals surface area (Å²) in [5.74, 6) is 0.215. The molecule has 2 aromatic heterocycles. The minimum Gasteiger partial charge on any atom is -0.345 e. The van der Waals surface area contributed by atoms with E-state index in [9.17, 15) is 4.79 Å². The second kappa shape index (κ2) is 9.23. The summed E-state index contributed by atoms with van der Waals surface area (Å²) in [6, 6.07) is 1.90. The predicted molar refractivity (Wildman–Crippen MR) is 112 cm³/mol. The van der Waals surface area contributed by atoms with Crippen molar-refractivity contribution in [2.45, 2.75) is 25.3 Å². The van der Waals surface area contributed by atoms with Gasteiger partial charge >= 0.3 is 0 Å². The molecule has 2 aromatic rings. The van der Waals surface area contributed by atoms with E-state index in [4.69, 9.17) is 0 Å². The number of anilines is 1. The lowest BCUT2D eigenvalue weighted by Crippen LogP contribution is -2.59. The van der Waals surface area contributed by atoms with Crippen LogP contribution >= 0.6 is 36.2 Å². The first-order valence-corrected chi connectivity index (χ1v) is 9.74. The summed E-state index contributed by atoms with van der Waals surface area (Å²) >= 11 is 1.68. The Kier molecular flexibility index (Phi) is 7.50. The first-order chi connectivity index (χ1) is 12.2. The van der Waals surface area contributed by atoms with Gasteiger partial charge in [-0.1, -0.05) is 0 Å². The molecule has 0 atom stereocenters. The third kappa shape index (κ3) is 4.23. The first-order valence-electron chi connectivity index (χ1n) is 8.86. The molecule has 0 aliphatic carbocycles. The minimum absolute atomic E-state index is 0. The molecule has 4 heterocycles. The maximum absolute atomic E-state index is 13.4. The maximum Gasteiger partial charge on any atom is 0.250 e. The monoisotopic (exact) mass is 432 g/mol. The number of piperidine rings is 1. The summed E-state index contributed by atoms with van der Waals surface area (Å²) in [5.41, 5.74) is 0.528. The van der Waals surface area contributed by atoms with E-state index in [0.29, 0.717) is 0 Å². The van der Waals surface area contributed by atoms with Crippen LogP contribution in [0, 0.1) is 6.92 Å². The van der Waals surface area contributed by atoms with E-state index in [1.165, 1.54) is 0 Å². The van der Waals surface area contributed by atoms with Crippen molar-refractivity contribution < 1.29 is 4.79 Å². The number of thiazole rings is 1. The molecule has 7 nitrogen and oxygen atoms in total. The molecule has 1 amide bonds. The van der Waals surface area contributed by atoms with Crippen molar-refractivity contribution in [3.63, 3.8) is 0 Å². The third-order valence-corrected chi connectivity index (χ3v) is 6.24. The fourth-order valence-corrected chi connectivity index (χ4v) is 4.64. The summed E-state index contributed by atoms with van der Waals surface area (Å²) in [5, 5.41) is 10.9. The van der Waals surface area contributed by atoms with Crippen LogP contribution < -0.4 is 10.2 Å². The Morgan fingerprint density at radius 3 is 2.44 bits per heavy atom. The molecule has 0 spiro atoms. The lowest BCUT2D eigenvalue weighted by Gasteiger charge is -2.43. The average molecular weight is 433 g/mol. The summed E-state index contributed by atoms with van der Waals surface area (Å²) in [4.78, 5) is 22.3. The van der Waals surface area contributed by atoms with Crippen molar-refractivity contribution in [3.05, 3.63) is 29.5 Å². The van der Waals surface area contributed by atoms with Crippen molar-refractivity contribution >= 4 is 47.2 Å². The van der Waals surface area contributed by atoms with Crippen LogP contribution in [0.15, 0.2) is 23.8 Å². The van der Waals surface area contributed by atoms with Gasteiger partial charge in [-0.2, -0.15) is 5.10 Å². The maximum atomic E-state index is 13.4. The molecule has 2 saturated heterocycles. The van der Waals surface area contributed by atoms with Gasteiger partial charge in [0.2, 0.25) is 0 Å². The number of halogens is 2. The highest BCUT2D eigenvalue weighted by Crippen LogP contribution is 2.30. The molecule has 1 N–H and O–H groups in total. The van der Waals surface area contributed by atoms with E-state index in [1.54, 1.807) is 17.5 Å². The number of hydrogen-bond acceptors (Lipinski definition) is 6. The number of carbonyl (C=O) groups is 1. The molecule has 27 heavy (non-hydrogen) atoms. The van der Waals surface area contributed by atoms with Crippen LogP contribution in [0.3, 0.4) is 0 Å². The molecule has 0 saturated carbocycles. The highest BCUT2D eigenvalue weighted by atomic mass is 35.5. The Balaban J connectivity index is 0.00000131. The van der Waals surface area contributed by atoms with Crippen LogP contribution in [0.4, 0.5) is 5.13 Å². The van der Waals surface area contributed by atoms with Gasteiger partial charge in [0, 0.05) is 44.0 Å². The number of aromatic nitrogens is 3. The summed E-state index contributed by atoms with van der Waals surface area (Å²) < 4.78 is 1.88. The Labute approximate surface area is 175 Å². The quantitative estimate of drug-likeness (QED) is 0.802. The van der Waals surface area contributed by atoms with Crippen LogP contribution in [0.5, 0.6) is 0 Å². The highest BCUT2D eigenvalue weighted by Gasteiger charge is 2.45. The summed E-state index contributed by atoms with van der Waals surface area (Å²) in [7, 11) is 0. The van der Waals surface area contributed by atoms with Crippen LogP contribution in [0.1, 0.15) is 18.5 Å². The average Bonchev–Trinajstić information content (AvgIpc) is 3.34. The van der Waals surface area contributed by atoms with Gasteiger partial charge in [-0.05, 0) is 38.9 Å². The fraction of sp³-hybridized carbons (Fsp3) is 0.588. The predicted octanol–water partition coefficient (Wildman–Crippen LogP) is 1.92. The molecule has 4 rings (SSSR count). The lowest BCUT2D eigenvalue weighted by atomic mass is 9.86. The largest absolute Gasteiger partial charge is 0.345 e. The van der Waals surface area contributed by atoms with Gasteiger partial charge in [0.15, 0.2) is 5.13 Å². The number of hydrogen-bond donors (Lipinski definition) is 1. The molecule has 150 valence electrons. The zero-order valence-electron chi connectivity index (χ0n) is 15.3. The Morgan fingerprint density at radius 2 is 1.89 bits per heavy atom.